The van der Waals surface area contributed by atoms with Crippen LogP contribution in [0, 0.1) is 0 Å². The first kappa shape index (κ1) is 12.4. The fourth-order valence-electron chi connectivity index (χ4n) is 2.12. The molecule has 0 spiro atoms. The maximum absolute atomic E-state index is 5.61. The van der Waals surface area contributed by atoms with E-state index in [9.17, 15) is 0 Å². The van der Waals surface area contributed by atoms with Gasteiger partial charge in [0.15, 0.2) is 0 Å². The van der Waals surface area contributed by atoms with Crippen molar-refractivity contribution < 1.29 is 9.15 Å². The van der Waals surface area contributed by atoms with Gasteiger partial charge in [0, 0.05) is 6.07 Å². The quantitative estimate of drug-likeness (QED) is 0.626. The first-order valence-corrected chi connectivity index (χ1v) is 6.48. The third kappa shape index (κ3) is 2.54. The normalized spacial score (nSPS) is 10.2. The number of benzene rings is 2. The smallest absolute Gasteiger partial charge is 0.360 e. The summed E-state index contributed by atoms with van der Waals surface area (Å²) in [5.74, 6) is 1.68. The van der Waals surface area contributed by atoms with Gasteiger partial charge in [0.2, 0.25) is 0 Å². The van der Waals surface area contributed by atoms with Crippen LogP contribution < -0.4 is 4.74 Å². The van der Waals surface area contributed by atoms with Gasteiger partial charge in [-0.1, -0.05) is 30.3 Å². The number of rotatable bonds is 3. The molecule has 0 N–H and O–H groups in total. The molecule has 0 unspecified atom stereocenters. The van der Waals surface area contributed by atoms with Crippen molar-refractivity contribution in [2.45, 2.75) is 0 Å². The van der Waals surface area contributed by atoms with Crippen molar-refractivity contribution in [1.29, 1.82) is 0 Å². The lowest BCUT2D eigenvalue weighted by molar-refractivity contribution is 0.415. The second-order valence-electron chi connectivity index (χ2n) is 4.48. The number of hydrogen-bond acceptors (Lipinski definition) is 1. The van der Waals surface area contributed by atoms with Gasteiger partial charge >= 0.3 is 12.0 Å². The molecule has 0 atom stereocenters. The minimum atomic E-state index is 0.841. The first-order chi connectivity index (χ1) is 9.86. The van der Waals surface area contributed by atoms with Crippen molar-refractivity contribution in [1.82, 2.24) is 0 Å². The van der Waals surface area contributed by atoms with E-state index in [1.807, 2.05) is 48.5 Å². The van der Waals surface area contributed by atoms with Gasteiger partial charge in [-0.2, -0.15) is 0 Å². The lowest BCUT2D eigenvalue weighted by atomic mass is 10.0. The zero-order valence-corrected chi connectivity index (χ0v) is 11.2. The van der Waals surface area contributed by atoms with E-state index in [1.165, 1.54) is 5.56 Å². The predicted molar refractivity (Wildman–Crippen MR) is 80.5 cm³/mol. The molecule has 0 aliphatic heterocycles. The van der Waals surface area contributed by atoms with Crippen LogP contribution in [0.2, 0.25) is 0 Å². The van der Waals surface area contributed by atoms with Gasteiger partial charge in [0.05, 0.1) is 18.7 Å². The first-order valence-electron chi connectivity index (χ1n) is 6.48. The maximum Gasteiger partial charge on any atom is 0.360 e. The Kier molecular flexibility index (Phi) is 3.46. The third-order valence-electron chi connectivity index (χ3n) is 3.21. The largest absolute Gasteiger partial charge is 0.497 e. The van der Waals surface area contributed by atoms with E-state index in [0.717, 1.165) is 22.6 Å². The Morgan fingerprint density at radius 3 is 2.20 bits per heavy atom. The molecule has 0 aliphatic rings. The molecule has 0 saturated carbocycles. The van der Waals surface area contributed by atoms with Crippen LogP contribution in [0.4, 0.5) is 0 Å². The standard InChI is InChI=1S/C18H15O2/c1-19-17-9-7-15(8-10-17)18-13-16(11-12-20-18)14-5-3-2-4-6-14/h2-13H,1H3/q+1. The van der Waals surface area contributed by atoms with Crippen LogP contribution in [0.25, 0.3) is 22.5 Å². The monoisotopic (exact) mass is 263 g/mol. The summed E-state index contributed by atoms with van der Waals surface area (Å²) in [6.07, 6.45) is 1.72. The molecule has 0 saturated heterocycles. The minimum Gasteiger partial charge on any atom is -0.497 e. The van der Waals surface area contributed by atoms with Gasteiger partial charge in [-0.25, -0.2) is 4.42 Å². The number of methoxy groups -OCH3 is 1. The van der Waals surface area contributed by atoms with E-state index in [4.69, 9.17) is 9.15 Å². The average Bonchev–Trinajstić information content (AvgIpc) is 2.56. The summed E-state index contributed by atoms with van der Waals surface area (Å²) in [4.78, 5) is 0. The molecule has 0 radical (unpaired) electrons. The Morgan fingerprint density at radius 2 is 1.50 bits per heavy atom. The van der Waals surface area contributed by atoms with Gasteiger partial charge in [0.25, 0.3) is 0 Å². The van der Waals surface area contributed by atoms with Crippen molar-refractivity contribution in [3.05, 3.63) is 73.0 Å². The van der Waals surface area contributed by atoms with Crippen molar-refractivity contribution in [2.75, 3.05) is 7.11 Å². The highest BCUT2D eigenvalue weighted by molar-refractivity contribution is 5.69. The molecule has 3 rings (SSSR count). The van der Waals surface area contributed by atoms with Crippen LogP contribution in [-0.2, 0) is 0 Å². The van der Waals surface area contributed by atoms with E-state index < -0.39 is 0 Å². The summed E-state index contributed by atoms with van der Waals surface area (Å²) in [5.41, 5.74) is 3.35. The molecule has 0 amide bonds. The highest BCUT2D eigenvalue weighted by Crippen LogP contribution is 2.27. The fraction of sp³-hybridized carbons (Fsp3) is 0.0556. The lowest BCUT2D eigenvalue weighted by Gasteiger charge is -2.00. The number of ether oxygens (including phenoxy) is 1. The zero-order valence-electron chi connectivity index (χ0n) is 11.2. The molecule has 98 valence electrons. The number of hydrogen-bond donors (Lipinski definition) is 0. The van der Waals surface area contributed by atoms with Crippen molar-refractivity contribution in [2.24, 2.45) is 0 Å². The maximum atomic E-state index is 5.61. The van der Waals surface area contributed by atoms with Gasteiger partial charge in [0.1, 0.15) is 5.75 Å². The molecule has 2 heteroatoms. The van der Waals surface area contributed by atoms with E-state index in [0.29, 0.717) is 0 Å². The summed E-state index contributed by atoms with van der Waals surface area (Å²) < 4.78 is 10.8. The highest BCUT2D eigenvalue weighted by atomic mass is 16.5. The van der Waals surface area contributed by atoms with Crippen LogP contribution >= 0.6 is 0 Å². The topological polar surface area (TPSA) is 20.5 Å². The Balaban J connectivity index is 1.98. The van der Waals surface area contributed by atoms with Crippen LogP contribution in [0.5, 0.6) is 5.75 Å². The highest BCUT2D eigenvalue weighted by Gasteiger charge is 2.12. The van der Waals surface area contributed by atoms with Crippen molar-refractivity contribution in [3.8, 4) is 28.2 Å². The minimum absolute atomic E-state index is 0.841. The zero-order chi connectivity index (χ0) is 13.8. The molecule has 2 aromatic carbocycles. The molecule has 0 bridgehead atoms. The summed E-state index contributed by atoms with van der Waals surface area (Å²) in [6, 6.07) is 22.1. The van der Waals surface area contributed by atoms with Gasteiger partial charge in [-0.3, -0.25) is 0 Å². The van der Waals surface area contributed by atoms with E-state index in [1.54, 1.807) is 13.4 Å². The predicted octanol–water partition coefficient (Wildman–Crippen LogP) is 4.90. The summed E-state index contributed by atoms with van der Waals surface area (Å²) in [6.45, 7) is 0. The molecular formula is C18H15O2+. The average molecular weight is 263 g/mol. The van der Waals surface area contributed by atoms with Crippen LogP contribution in [0.15, 0.2) is 77.4 Å². The molecule has 3 aromatic rings. The summed E-state index contributed by atoms with van der Waals surface area (Å²) >= 11 is 0. The van der Waals surface area contributed by atoms with Gasteiger partial charge in [-0.05, 0) is 35.4 Å². The third-order valence-corrected chi connectivity index (χ3v) is 3.21. The van der Waals surface area contributed by atoms with Crippen molar-refractivity contribution >= 4 is 0 Å². The SMILES string of the molecule is COc1ccc(-c2cc(-c3ccccc3)cc[o+]2)cc1. The second-order valence-corrected chi connectivity index (χ2v) is 4.48. The fourth-order valence-corrected chi connectivity index (χ4v) is 2.12. The Bertz CT molecular complexity index is 688. The van der Waals surface area contributed by atoms with E-state index >= 15 is 0 Å². The van der Waals surface area contributed by atoms with E-state index in [2.05, 4.69) is 18.2 Å². The summed E-state index contributed by atoms with van der Waals surface area (Å²) in [7, 11) is 1.66. The molecule has 20 heavy (non-hydrogen) atoms. The lowest BCUT2D eigenvalue weighted by Crippen LogP contribution is -1.83. The second kappa shape index (κ2) is 5.57. The molecule has 0 fully saturated rings. The molecule has 1 heterocycles. The molecule has 1 aromatic heterocycles. The van der Waals surface area contributed by atoms with Crippen LogP contribution in [0.3, 0.4) is 0 Å². The Morgan fingerprint density at radius 1 is 0.750 bits per heavy atom. The Hall–Kier alpha value is -2.61. The molecular weight excluding hydrogens is 248 g/mol. The Labute approximate surface area is 118 Å². The van der Waals surface area contributed by atoms with Gasteiger partial charge < -0.3 is 4.74 Å². The van der Waals surface area contributed by atoms with Gasteiger partial charge in [-0.15, -0.1) is 0 Å². The molecule has 2 nitrogen and oxygen atoms in total. The van der Waals surface area contributed by atoms with E-state index in [-0.39, 0.29) is 0 Å². The van der Waals surface area contributed by atoms with Crippen LogP contribution in [-0.4, -0.2) is 7.11 Å². The van der Waals surface area contributed by atoms with Crippen molar-refractivity contribution in [3.63, 3.8) is 0 Å². The summed E-state index contributed by atoms with van der Waals surface area (Å²) in [5, 5.41) is 0. The molecule has 0 aliphatic carbocycles. The van der Waals surface area contributed by atoms with Crippen LogP contribution in [0.1, 0.15) is 0 Å².